The highest BCUT2D eigenvalue weighted by Gasteiger charge is 2.20. The number of benzene rings is 1. The highest BCUT2D eigenvalue weighted by atomic mass is 35.5. The number of hydrogen-bond donors (Lipinski definition) is 1. The topological polar surface area (TPSA) is 55.8 Å². The number of ether oxygens (including phenoxy) is 2. The summed E-state index contributed by atoms with van der Waals surface area (Å²) in [6.07, 6.45) is 1.42. The van der Waals surface area contributed by atoms with Crippen molar-refractivity contribution in [2.24, 2.45) is 0 Å². The molecule has 0 radical (unpaired) electrons. The first kappa shape index (κ1) is 13.0. The van der Waals surface area contributed by atoms with Crippen molar-refractivity contribution in [2.45, 2.75) is 26.2 Å². The van der Waals surface area contributed by atoms with Crippen LogP contribution in [0.2, 0.25) is 5.02 Å². The third-order valence-corrected chi connectivity index (χ3v) is 3.24. The van der Waals surface area contributed by atoms with Gasteiger partial charge in [-0.05, 0) is 37.0 Å². The summed E-state index contributed by atoms with van der Waals surface area (Å²) in [4.78, 5) is 10.5. The molecule has 18 heavy (non-hydrogen) atoms. The normalized spacial score (nSPS) is 13.4. The van der Waals surface area contributed by atoms with Crippen LogP contribution in [0.1, 0.15) is 24.0 Å². The molecule has 1 aliphatic heterocycles. The Labute approximate surface area is 110 Å². The van der Waals surface area contributed by atoms with E-state index < -0.39 is 5.97 Å². The maximum Gasteiger partial charge on any atom is 0.303 e. The van der Waals surface area contributed by atoms with Crippen LogP contribution in [-0.2, 0) is 11.2 Å². The summed E-state index contributed by atoms with van der Waals surface area (Å²) < 4.78 is 11.1. The SMILES string of the molecule is Cc1c(CCCC(=O)O)cc(Cl)c2c1OCCO2. The van der Waals surface area contributed by atoms with Gasteiger partial charge in [0.15, 0.2) is 11.5 Å². The molecule has 1 N–H and O–H groups in total. The second-order valence-electron chi connectivity index (χ2n) is 4.24. The largest absolute Gasteiger partial charge is 0.486 e. The van der Waals surface area contributed by atoms with Crippen molar-refractivity contribution in [2.75, 3.05) is 13.2 Å². The lowest BCUT2D eigenvalue weighted by atomic mass is 10.0. The molecule has 0 unspecified atom stereocenters. The third kappa shape index (κ3) is 2.70. The van der Waals surface area contributed by atoms with E-state index in [4.69, 9.17) is 26.2 Å². The molecule has 0 aliphatic carbocycles. The fourth-order valence-corrected chi connectivity index (χ4v) is 2.31. The summed E-state index contributed by atoms with van der Waals surface area (Å²) in [6, 6.07) is 1.84. The lowest BCUT2D eigenvalue weighted by Crippen LogP contribution is -2.17. The first-order chi connectivity index (χ1) is 8.59. The Kier molecular flexibility index (Phi) is 3.97. The summed E-state index contributed by atoms with van der Waals surface area (Å²) in [5.41, 5.74) is 2.00. The van der Waals surface area contributed by atoms with Crippen molar-refractivity contribution in [1.82, 2.24) is 0 Å². The summed E-state index contributed by atoms with van der Waals surface area (Å²) in [5, 5.41) is 9.17. The molecule has 2 rings (SSSR count). The lowest BCUT2D eigenvalue weighted by Gasteiger charge is -2.23. The summed E-state index contributed by atoms with van der Waals surface area (Å²) in [6.45, 7) is 2.97. The van der Waals surface area contributed by atoms with Gasteiger partial charge in [-0.2, -0.15) is 0 Å². The van der Waals surface area contributed by atoms with Crippen LogP contribution >= 0.6 is 11.6 Å². The average Bonchev–Trinajstić information content (AvgIpc) is 2.35. The van der Waals surface area contributed by atoms with Crippen molar-refractivity contribution in [3.8, 4) is 11.5 Å². The van der Waals surface area contributed by atoms with Gasteiger partial charge >= 0.3 is 5.97 Å². The highest BCUT2D eigenvalue weighted by molar-refractivity contribution is 6.32. The molecule has 1 aromatic rings. The maximum absolute atomic E-state index is 10.5. The second kappa shape index (κ2) is 5.48. The zero-order valence-corrected chi connectivity index (χ0v) is 10.9. The molecule has 4 nitrogen and oxygen atoms in total. The number of aliphatic carboxylic acids is 1. The quantitative estimate of drug-likeness (QED) is 0.914. The number of halogens is 1. The van der Waals surface area contributed by atoms with Crippen LogP contribution in [0, 0.1) is 6.92 Å². The van der Waals surface area contributed by atoms with E-state index in [9.17, 15) is 4.79 Å². The van der Waals surface area contributed by atoms with Gasteiger partial charge in [0.2, 0.25) is 0 Å². The number of fused-ring (bicyclic) bond motifs is 1. The Balaban J connectivity index is 2.21. The van der Waals surface area contributed by atoms with Crippen molar-refractivity contribution in [3.63, 3.8) is 0 Å². The Hall–Kier alpha value is -1.42. The van der Waals surface area contributed by atoms with Gasteiger partial charge < -0.3 is 14.6 Å². The number of carboxylic acid groups (broad SMARTS) is 1. The number of carboxylic acids is 1. The molecule has 1 heterocycles. The third-order valence-electron chi connectivity index (χ3n) is 2.96. The zero-order chi connectivity index (χ0) is 13.1. The highest BCUT2D eigenvalue weighted by Crippen LogP contribution is 2.41. The molecule has 0 spiro atoms. The van der Waals surface area contributed by atoms with Crippen LogP contribution in [0.25, 0.3) is 0 Å². The predicted octanol–water partition coefficient (Wildman–Crippen LogP) is 2.83. The molecule has 0 atom stereocenters. The van der Waals surface area contributed by atoms with Gasteiger partial charge in [-0.15, -0.1) is 0 Å². The molecule has 0 amide bonds. The molecule has 1 aliphatic rings. The molecule has 5 heteroatoms. The predicted molar refractivity (Wildman–Crippen MR) is 67.8 cm³/mol. The number of hydrogen-bond acceptors (Lipinski definition) is 3. The van der Waals surface area contributed by atoms with E-state index in [2.05, 4.69) is 0 Å². The molecule has 98 valence electrons. The first-order valence-corrected chi connectivity index (χ1v) is 6.26. The van der Waals surface area contributed by atoms with E-state index in [1.807, 2.05) is 13.0 Å². The Morgan fingerprint density at radius 1 is 1.39 bits per heavy atom. The van der Waals surface area contributed by atoms with Gasteiger partial charge in [0.05, 0.1) is 5.02 Å². The van der Waals surface area contributed by atoms with E-state index in [1.165, 1.54) is 0 Å². The monoisotopic (exact) mass is 270 g/mol. The molecule has 0 aromatic heterocycles. The van der Waals surface area contributed by atoms with Gasteiger partial charge in [0.25, 0.3) is 0 Å². The minimum Gasteiger partial charge on any atom is -0.486 e. The Bertz CT molecular complexity index is 471. The second-order valence-corrected chi connectivity index (χ2v) is 4.65. The number of aryl methyl sites for hydroxylation is 1. The molecule has 0 saturated carbocycles. The first-order valence-electron chi connectivity index (χ1n) is 5.89. The van der Waals surface area contributed by atoms with E-state index in [0.29, 0.717) is 42.6 Å². The van der Waals surface area contributed by atoms with Crippen molar-refractivity contribution in [1.29, 1.82) is 0 Å². The van der Waals surface area contributed by atoms with Crippen LogP contribution < -0.4 is 9.47 Å². The van der Waals surface area contributed by atoms with Gasteiger partial charge in [-0.1, -0.05) is 11.6 Å². The van der Waals surface area contributed by atoms with Gasteiger partial charge in [0.1, 0.15) is 13.2 Å². The average molecular weight is 271 g/mol. The minimum absolute atomic E-state index is 0.158. The molecule has 1 aromatic carbocycles. The van der Waals surface area contributed by atoms with E-state index >= 15 is 0 Å². The van der Waals surface area contributed by atoms with Gasteiger partial charge in [-0.25, -0.2) is 0 Å². The lowest BCUT2D eigenvalue weighted by molar-refractivity contribution is -0.137. The maximum atomic E-state index is 10.5. The van der Waals surface area contributed by atoms with Crippen LogP contribution in [0.5, 0.6) is 11.5 Å². The van der Waals surface area contributed by atoms with Crippen molar-refractivity contribution < 1.29 is 19.4 Å². The molecule has 0 bridgehead atoms. The van der Waals surface area contributed by atoms with Crippen LogP contribution in [-0.4, -0.2) is 24.3 Å². The standard InChI is InChI=1S/C13H15ClO4/c1-8-9(3-2-4-11(15)16)7-10(14)13-12(8)17-5-6-18-13/h7H,2-6H2,1H3,(H,15,16). The van der Waals surface area contributed by atoms with E-state index in [-0.39, 0.29) is 6.42 Å². The smallest absolute Gasteiger partial charge is 0.303 e. The van der Waals surface area contributed by atoms with Crippen molar-refractivity contribution >= 4 is 17.6 Å². The molecular weight excluding hydrogens is 256 g/mol. The summed E-state index contributed by atoms with van der Waals surface area (Å²) in [5.74, 6) is 0.512. The number of carbonyl (C=O) groups is 1. The van der Waals surface area contributed by atoms with E-state index in [0.717, 1.165) is 11.1 Å². The Morgan fingerprint density at radius 2 is 2.06 bits per heavy atom. The van der Waals surface area contributed by atoms with Gasteiger partial charge in [-0.3, -0.25) is 4.79 Å². The summed E-state index contributed by atoms with van der Waals surface area (Å²) in [7, 11) is 0. The zero-order valence-electron chi connectivity index (χ0n) is 10.2. The van der Waals surface area contributed by atoms with E-state index in [1.54, 1.807) is 0 Å². The van der Waals surface area contributed by atoms with Crippen molar-refractivity contribution in [3.05, 3.63) is 22.2 Å². The van der Waals surface area contributed by atoms with Gasteiger partial charge in [0, 0.05) is 6.42 Å². The molecule has 0 fully saturated rings. The van der Waals surface area contributed by atoms with Crippen LogP contribution in [0.3, 0.4) is 0 Å². The molecular formula is C13H15ClO4. The fraction of sp³-hybridized carbons (Fsp3) is 0.462. The number of rotatable bonds is 4. The Morgan fingerprint density at radius 3 is 2.72 bits per heavy atom. The minimum atomic E-state index is -0.781. The molecule has 0 saturated heterocycles. The summed E-state index contributed by atoms with van der Waals surface area (Å²) >= 11 is 6.14. The fourth-order valence-electron chi connectivity index (χ4n) is 2.04. The van der Waals surface area contributed by atoms with Crippen LogP contribution in [0.15, 0.2) is 6.07 Å². The van der Waals surface area contributed by atoms with Crippen LogP contribution in [0.4, 0.5) is 0 Å².